The molecule has 2 aromatic carbocycles. The Bertz CT molecular complexity index is 937. The summed E-state index contributed by atoms with van der Waals surface area (Å²) in [6.45, 7) is 4.42. The summed E-state index contributed by atoms with van der Waals surface area (Å²) in [6, 6.07) is 16.4. The first-order valence-electron chi connectivity index (χ1n) is 10.6. The van der Waals surface area contributed by atoms with Crippen molar-refractivity contribution in [2.24, 2.45) is 5.92 Å². The normalized spacial score (nSPS) is 17.5. The molecule has 1 aliphatic rings. The zero-order chi connectivity index (χ0) is 22.9. The minimum absolute atomic E-state index is 0.0501. The summed E-state index contributed by atoms with van der Waals surface area (Å²) in [5.41, 5.74) is 1.75. The van der Waals surface area contributed by atoms with Gasteiger partial charge in [0, 0.05) is 38.0 Å². The number of rotatable bonds is 9. The molecule has 7 nitrogen and oxygen atoms in total. The highest BCUT2D eigenvalue weighted by Crippen LogP contribution is 2.22. The molecule has 2 unspecified atom stereocenters. The van der Waals surface area contributed by atoms with Gasteiger partial charge in [0.2, 0.25) is 5.91 Å². The first-order chi connectivity index (χ1) is 15.4. The maximum Gasteiger partial charge on any atom is 0.335 e. The Morgan fingerprint density at radius 2 is 1.97 bits per heavy atom. The molecule has 0 spiro atoms. The van der Waals surface area contributed by atoms with Gasteiger partial charge in [-0.25, -0.2) is 4.79 Å². The molecule has 3 rings (SSSR count). The second kappa shape index (κ2) is 11.8. The fraction of sp³-hybridized carbons (Fsp3) is 0.375. The molecule has 170 valence electrons. The van der Waals surface area contributed by atoms with Gasteiger partial charge in [0.05, 0.1) is 24.2 Å². The smallest absolute Gasteiger partial charge is 0.335 e. The van der Waals surface area contributed by atoms with Gasteiger partial charge in [-0.15, -0.1) is 0 Å². The number of hydrogen-bond donors (Lipinski definition) is 2. The van der Waals surface area contributed by atoms with E-state index in [-0.39, 0.29) is 22.7 Å². The number of morpholine rings is 1. The van der Waals surface area contributed by atoms with Crippen molar-refractivity contribution in [3.63, 3.8) is 0 Å². The van der Waals surface area contributed by atoms with Crippen LogP contribution in [0.2, 0.25) is 0 Å². The minimum Gasteiger partial charge on any atom is -0.478 e. The molecule has 0 saturated carbocycles. The molecule has 32 heavy (non-hydrogen) atoms. The Hall–Kier alpha value is -2.68. The number of hydrogen-bond acceptors (Lipinski definition) is 6. The van der Waals surface area contributed by atoms with Crippen LogP contribution in [0.15, 0.2) is 54.6 Å². The van der Waals surface area contributed by atoms with E-state index in [1.165, 1.54) is 24.6 Å². The van der Waals surface area contributed by atoms with E-state index in [4.69, 9.17) is 4.74 Å². The van der Waals surface area contributed by atoms with Crippen LogP contribution in [0.5, 0.6) is 0 Å². The maximum atomic E-state index is 13.0. The number of carboxylic acids is 1. The van der Waals surface area contributed by atoms with Gasteiger partial charge in [0.15, 0.2) is 5.12 Å². The average molecular weight is 457 g/mol. The lowest BCUT2D eigenvalue weighted by Gasteiger charge is -2.34. The van der Waals surface area contributed by atoms with Gasteiger partial charge in [0.1, 0.15) is 0 Å². The van der Waals surface area contributed by atoms with Crippen LogP contribution in [0.1, 0.15) is 29.3 Å². The van der Waals surface area contributed by atoms with E-state index in [9.17, 15) is 19.5 Å². The van der Waals surface area contributed by atoms with Crippen LogP contribution in [0.3, 0.4) is 0 Å². The SMILES string of the molecule is CC(=O)SCC(CC1CN(Cc2ccccc2)CCO1)C(=O)Nc1cccc(C(=O)O)c1. The van der Waals surface area contributed by atoms with E-state index in [1.807, 2.05) is 18.2 Å². The van der Waals surface area contributed by atoms with E-state index >= 15 is 0 Å². The molecule has 1 amide bonds. The van der Waals surface area contributed by atoms with E-state index in [0.29, 0.717) is 31.0 Å². The molecule has 1 heterocycles. The molecular weight excluding hydrogens is 428 g/mol. The number of carbonyl (C=O) groups excluding carboxylic acids is 2. The Morgan fingerprint density at radius 1 is 1.19 bits per heavy atom. The Kier molecular flexibility index (Phi) is 8.84. The van der Waals surface area contributed by atoms with Crippen LogP contribution < -0.4 is 5.32 Å². The summed E-state index contributed by atoms with van der Waals surface area (Å²) >= 11 is 1.12. The second-order valence-corrected chi connectivity index (χ2v) is 9.02. The van der Waals surface area contributed by atoms with E-state index in [0.717, 1.165) is 24.9 Å². The number of carbonyl (C=O) groups is 3. The third-order valence-electron chi connectivity index (χ3n) is 5.25. The van der Waals surface area contributed by atoms with Crippen molar-refractivity contribution in [1.29, 1.82) is 0 Å². The summed E-state index contributed by atoms with van der Waals surface area (Å²) in [7, 11) is 0. The highest BCUT2D eigenvalue weighted by molar-refractivity contribution is 8.13. The highest BCUT2D eigenvalue weighted by Gasteiger charge is 2.28. The molecule has 2 aromatic rings. The van der Waals surface area contributed by atoms with Gasteiger partial charge in [0.25, 0.3) is 0 Å². The summed E-state index contributed by atoms with van der Waals surface area (Å²) in [5, 5.41) is 11.9. The number of benzene rings is 2. The molecule has 0 aromatic heterocycles. The number of aromatic carboxylic acids is 1. The van der Waals surface area contributed by atoms with Crippen molar-refractivity contribution in [3.05, 3.63) is 65.7 Å². The highest BCUT2D eigenvalue weighted by atomic mass is 32.2. The van der Waals surface area contributed by atoms with Crippen molar-refractivity contribution in [1.82, 2.24) is 4.90 Å². The third-order valence-corrected chi connectivity index (χ3v) is 6.23. The quantitative estimate of drug-likeness (QED) is 0.596. The Balaban J connectivity index is 1.64. The summed E-state index contributed by atoms with van der Waals surface area (Å²) < 4.78 is 5.94. The van der Waals surface area contributed by atoms with E-state index in [2.05, 4.69) is 22.3 Å². The predicted molar refractivity (Wildman–Crippen MR) is 125 cm³/mol. The number of carboxylic acid groups (broad SMARTS) is 1. The van der Waals surface area contributed by atoms with Gasteiger partial charge in [-0.2, -0.15) is 0 Å². The molecule has 0 radical (unpaired) electrons. The molecule has 2 atom stereocenters. The van der Waals surface area contributed by atoms with Crippen LogP contribution in [0.25, 0.3) is 0 Å². The van der Waals surface area contributed by atoms with Gasteiger partial charge >= 0.3 is 5.97 Å². The number of anilines is 1. The summed E-state index contributed by atoms with van der Waals surface area (Å²) in [4.78, 5) is 38.0. The summed E-state index contributed by atoms with van der Waals surface area (Å²) in [6.07, 6.45) is 0.358. The molecular formula is C24H28N2O5S. The third kappa shape index (κ3) is 7.47. The van der Waals surface area contributed by atoms with Crippen molar-refractivity contribution < 1.29 is 24.2 Å². The van der Waals surface area contributed by atoms with Gasteiger partial charge in [-0.1, -0.05) is 48.2 Å². The zero-order valence-corrected chi connectivity index (χ0v) is 18.8. The molecule has 1 saturated heterocycles. The van der Waals surface area contributed by atoms with Crippen LogP contribution in [0, 0.1) is 5.92 Å². The van der Waals surface area contributed by atoms with Crippen LogP contribution in [-0.2, 0) is 20.9 Å². The molecule has 0 bridgehead atoms. The Labute approximate surface area is 192 Å². The fourth-order valence-corrected chi connectivity index (χ4v) is 4.39. The predicted octanol–water partition coefficient (Wildman–Crippen LogP) is 3.51. The standard InChI is InChI=1S/C24H28N2O5S/c1-17(27)32-16-20(23(28)25-21-9-5-8-19(12-21)24(29)30)13-22-15-26(10-11-31-22)14-18-6-3-2-4-7-18/h2-9,12,20,22H,10-11,13-16H2,1H3,(H,25,28)(H,29,30). The minimum atomic E-state index is -1.06. The molecule has 0 aliphatic carbocycles. The van der Waals surface area contributed by atoms with Crippen molar-refractivity contribution >= 4 is 34.4 Å². The second-order valence-electron chi connectivity index (χ2n) is 7.82. The molecule has 8 heteroatoms. The number of amides is 1. The Morgan fingerprint density at radius 3 is 2.69 bits per heavy atom. The molecule has 1 aliphatic heterocycles. The first-order valence-corrected chi connectivity index (χ1v) is 11.5. The van der Waals surface area contributed by atoms with Gasteiger partial charge in [-0.3, -0.25) is 14.5 Å². The van der Waals surface area contributed by atoms with Crippen LogP contribution in [-0.4, -0.2) is 58.6 Å². The first kappa shape index (κ1) is 24.0. The van der Waals surface area contributed by atoms with E-state index < -0.39 is 11.9 Å². The lowest BCUT2D eigenvalue weighted by Crippen LogP contribution is -2.44. The lowest BCUT2D eigenvalue weighted by atomic mass is 10.0. The van der Waals surface area contributed by atoms with Crippen molar-refractivity contribution in [2.75, 3.05) is 30.8 Å². The number of ether oxygens (including phenoxy) is 1. The lowest BCUT2D eigenvalue weighted by molar-refractivity contribution is -0.121. The maximum absolute atomic E-state index is 13.0. The van der Waals surface area contributed by atoms with Gasteiger partial charge < -0.3 is 15.2 Å². The average Bonchev–Trinajstić information content (AvgIpc) is 2.77. The molecule has 1 fully saturated rings. The largest absolute Gasteiger partial charge is 0.478 e. The van der Waals surface area contributed by atoms with Crippen molar-refractivity contribution in [3.8, 4) is 0 Å². The van der Waals surface area contributed by atoms with Crippen LogP contribution in [0.4, 0.5) is 5.69 Å². The van der Waals surface area contributed by atoms with Crippen molar-refractivity contribution in [2.45, 2.75) is 26.0 Å². The topological polar surface area (TPSA) is 95.9 Å². The zero-order valence-electron chi connectivity index (χ0n) is 18.0. The number of thioether (sulfide) groups is 1. The number of nitrogens with one attached hydrogen (secondary N) is 1. The summed E-state index contributed by atoms with van der Waals surface area (Å²) in [5.74, 6) is -1.40. The van der Waals surface area contributed by atoms with Crippen LogP contribution >= 0.6 is 11.8 Å². The molecule has 2 N–H and O–H groups in total. The van der Waals surface area contributed by atoms with Gasteiger partial charge in [-0.05, 0) is 30.2 Å². The monoisotopic (exact) mass is 456 g/mol. The van der Waals surface area contributed by atoms with E-state index in [1.54, 1.807) is 12.1 Å². The number of nitrogens with zero attached hydrogens (tertiary/aromatic N) is 1. The fourth-order valence-electron chi connectivity index (χ4n) is 3.67.